The molecule has 1 heterocycles. The molecule has 0 amide bonds. The molecule has 0 spiro atoms. The molecule has 3 aromatic rings. The van der Waals surface area contributed by atoms with Crippen LogP contribution in [0.3, 0.4) is 0 Å². The van der Waals surface area contributed by atoms with Gasteiger partial charge in [0.15, 0.2) is 11.5 Å². The highest BCUT2D eigenvalue weighted by molar-refractivity contribution is 7.09. The number of nitro benzene ring substituents is 1. The first-order valence-electron chi connectivity index (χ1n) is 7.72. The highest BCUT2D eigenvalue weighted by Gasteiger charge is 2.13. The number of rotatable bonds is 8. The molecular weight excluding hydrogens is 356 g/mol. The Hall–Kier alpha value is -3.13. The highest BCUT2D eigenvalue weighted by Crippen LogP contribution is 2.31. The summed E-state index contributed by atoms with van der Waals surface area (Å²) in [7, 11) is 1.48. The molecule has 0 bridgehead atoms. The van der Waals surface area contributed by atoms with E-state index >= 15 is 0 Å². The molecular formula is C18H16N2O5S. The number of hydrogen-bond donors (Lipinski definition) is 0. The van der Waals surface area contributed by atoms with Gasteiger partial charge in [0, 0.05) is 11.4 Å². The number of benzene rings is 2. The summed E-state index contributed by atoms with van der Waals surface area (Å²) in [6.07, 6.45) is 0. The van der Waals surface area contributed by atoms with Crippen molar-refractivity contribution in [3.8, 4) is 17.2 Å². The first kappa shape index (κ1) is 17.7. The van der Waals surface area contributed by atoms with E-state index in [1.807, 2.05) is 35.7 Å². The van der Waals surface area contributed by atoms with E-state index < -0.39 is 4.92 Å². The lowest BCUT2D eigenvalue weighted by atomic mass is 10.3. The van der Waals surface area contributed by atoms with Gasteiger partial charge in [-0.15, -0.1) is 11.3 Å². The van der Waals surface area contributed by atoms with Crippen LogP contribution >= 0.6 is 11.3 Å². The lowest BCUT2D eigenvalue weighted by molar-refractivity contribution is -0.385. The number of nitro groups is 1. The third-order valence-corrected chi connectivity index (χ3v) is 4.31. The average molecular weight is 372 g/mol. The Morgan fingerprint density at radius 2 is 1.88 bits per heavy atom. The average Bonchev–Trinajstić information content (AvgIpc) is 3.13. The molecule has 0 saturated heterocycles. The predicted octanol–water partition coefficient (Wildman–Crippen LogP) is 4.22. The van der Waals surface area contributed by atoms with Crippen molar-refractivity contribution < 1.29 is 19.1 Å². The van der Waals surface area contributed by atoms with Crippen molar-refractivity contribution in [3.05, 3.63) is 74.7 Å². The third-order valence-electron chi connectivity index (χ3n) is 3.44. The number of hydrogen-bond acceptors (Lipinski definition) is 7. The summed E-state index contributed by atoms with van der Waals surface area (Å²) in [6, 6.07) is 13.7. The normalized spacial score (nSPS) is 10.3. The molecule has 0 N–H and O–H groups in total. The van der Waals surface area contributed by atoms with E-state index in [1.165, 1.54) is 36.6 Å². The summed E-state index contributed by atoms with van der Waals surface area (Å²) in [5.41, 5.74) is 0.659. The SMILES string of the molecule is COc1ccc([N+](=O)[O-])cc1OCc1csc(COc2ccccc2)n1. The van der Waals surface area contributed by atoms with Gasteiger partial charge < -0.3 is 14.2 Å². The molecule has 26 heavy (non-hydrogen) atoms. The Morgan fingerprint density at radius 3 is 2.62 bits per heavy atom. The molecule has 0 atom stereocenters. The zero-order valence-corrected chi connectivity index (χ0v) is 14.8. The van der Waals surface area contributed by atoms with E-state index in [4.69, 9.17) is 14.2 Å². The summed E-state index contributed by atoms with van der Waals surface area (Å²) in [4.78, 5) is 14.9. The van der Waals surface area contributed by atoms with Gasteiger partial charge in [0.25, 0.3) is 5.69 Å². The molecule has 0 aliphatic rings. The Balaban J connectivity index is 1.61. The van der Waals surface area contributed by atoms with Crippen LogP contribution in [-0.4, -0.2) is 17.0 Å². The second-order valence-electron chi connectivity index (χ2n) is 5.22. The van der Waals surface area contributed by atoms with Crippen LogP contribution in [-0.2, 0) is 13.2 Å². The fourth-order valence-corrected chi connectivity index (χ4v) is 2.88. The van der Waals surface area contributed by atoms with Crippen molar-refractivity contribution in [3.63, 3.8) is 0 Å². The van der Waals surface area contributed by atoms with Crippen molar-refractivity contribution in [2.24, 2.45) is 0 Å². The Kier molecular flexibility index (Phi) is 5.65. The monoisotopic (exact) mass is 372 g/mol. The minimum atomic E-state index is -0.478. The second-order valence-corrected chi connectivity index (χ2v) is 6.16. The number of thiazole rings is 1. The van der Waals surface area contributed by atoms with Crippen LogP contribution in [0, 0.1) is 10.1 Å². The number of para-hydroxylation sites is 1. The van der Waals surface area contributed by atoms with Crippen molar-refractivity contribution >= 4 is 17.0 Å². The molecule has 0 radical (unpaired) electrons. The van der Waals surface area contributed by atoms with Gasteiger partial charge in [-0.1, -0.05) is 18.2 Å². The smallest absolute Gasteiger partial charge is 0.273 e. The van der Waals surface area contributed by atoms with Gasteiger partial charge in [-0.25, -0.2) is 4.98 Å². The Labute approximate surface area is 153 Å². The number of nitrogens with zero attached hydrogens (tertiary/aromatic N) is 2. The molecule has 0 aliphatic carbocycles. The number of methoxy groups -OCH3 is 1. The molecule has 3 rings (SSSR count). The standard InChI is InChI=1S/C18H16N2O5S/c1-23-16-8-7-14(20(21)22)9-17(16)25-10-13-12-26-18(19-13)11-24-15-5-3-2-4-6-15/h2-9,12H,10-11H2,1H3. The van der Waals surface area contributed by atoms with E-state index in [2.05, 4.69) is 4.98 Å². The summed E-state index contributed by atoms with van der Waals surface area (Å²) < 4.78 is 16.5. The molecule has 1 aromatic heterocycles. The lowest BCUT2D eigenvalue weighted by Crippen LogP contribution is -2.00. The minimum Gasteiger partial charge on any atom is -0.493 e. The minimum absolute atomic E-state index is 0.0592. The van der Waals surface area contributed by atoms with Crippen LogP contribution in [0.5, 0.6) is 17.2 Å². The van der Waals surface area contributed by atoms with E-state index in [0.29, 0.717) is 18.1 Å². The zero-order chi connectivity index (χ0) is 18.4. The summed E-state index contributed by atoms with van der Waals surface area (Å²) in [5.74, 6) is 1.51. The Bertz CT molecular complexity index is 882. The maximum atomic E-state index is 10.9. The van der Waals surface area contributed by atoms with E-state index in [-0.39, 0.29) is 12.3 Å². The molecule has 8 heteroatoms. The fourth-order valence-electron chi connectivity index (χ4n) is 2.19. The van der Waals surface area contributed by atoms with Crippen molar-refractivity contribution in [1.29, 1.82) is 0 Å². The maximum absolute atomic E-state index is 10.9. The van der Waals surface area contributed by atoms with E-state index in [1.54, 1.807) is 0 Å². The topological polar surface area (TPSA) is 83.7 Å². The molecule has 0 fully saturated rings. The summed E-state index contributed by atoms with van der Waals surface area (Å²) >= 11 is 1.47. The zero-order valence-electron chi connectivity index (χ0n) is 14.0. The molecule has 0 unspecified atom stereocenters. The van der Waals surface area contributed by atoms with Crippen LogP contribution in [0.25, 0.3) is 0 Å². The van der Waals surface area contributed by atoms with Gasteiger partial charge >= 0.3 is 0 Å². The maximum Gasteiger partial charge on any atom is 0.273 e. The predicted molar refractivity (Wildman–Crippen MR) is 96.9 cm³/mol. The van der Waals surface area contributed by atoms with Gasteiger partial charge in [-0.05, 0) is 18.2 Å². The van der Waals surface area contributed by atoms with Crippen LogP contribution < -0.4 is 14.2 Å². The van der Waals surface area contributed by atoms with E-state index in [0.717, 1.165) is 16.5 Å². The largest absolute Gasteiger partial charge is 0.493 e. The van der Waals surface area contributed by atoms with Gasteiger partial charge in [0.1, 0.15) is 24.0 Å². The number of ether oxygens (including phenoxy) is 3. The van der Waals surface area contributed by atoms with Crippen molar-refractivity contribution in [2.45, 2.75) is 13.2 Å². The van der Waals surface area contributed by atoms with Crippen molar-refractivity contribution in [2.75, 3.05) is 7.11 Å². The van der Waals surface area contributed by atoms with Gasteiger partial charge in [-0.2, -0.15) is 0 Å². The quantitative estimate of drug-likeness (QED) is 0.435. The molecule has 0 aliphatic heterocycles. The van der Waals surface area contributed by atoms with Gasteiger partial charge in [-0.3, -0.25) is 10.1 Å². The van der Waals surface area contributed by atoms with E-state index in [9.17, 15) is 10.1 Å². The van der Waals surface area contributed by atoms with Crippen LogP contribution in [0.1, 0.15) is 10.7 Å². The first-order chi connectivity index (χ1) is 12.7. The third kappa shape index (κ3) is 4.48. The summed E-state index contributed by atoms with van der Waals surface area (Å²) in [6.45, 7) is 0.550. The molecule has 134 valence electrons. The van der Waals surface area contributed by atoms with Crippen molar-refractivity contribution in [1.82, 2.24) is 4.98 Å². The van der Waals surface area contributed by atoms with Gasteiger partial charge in [0.2, 0.25) is 0 Å². The van der Waals surface area contributed by atoms with Gasteiger partial charge in [0.05, 0.1) is 23.8 Å². The lowest BCUT2D eigenvalue weighted by Gasteiger charge is -2.09. The molecule has 2 aromatic carbocycles. The first-order valence-corrected chi connectivity index (χ1v) is 8.60. The molecule has 7 nitrogen and oxygen atoms in total. The number of non-ortho nitro benzene ring substituents is 1. The highest BCUT2D eigenvalue weighted by atomic mass is 32.1. The number of aromatic nitrogens is 1. The molecule has 0 saturated carbocycles. The summed E-state index contributed by atoms with van der Waals surface area (Å²) in [5, 5.41) is 13.6. The second kappa shape index (κ2) is 8.30. The fraction of sp³-hybridized carbons (Fsp3) is 0.167. The Morgan fingerprint density at radius 1 is 1.08 bits per heavy atom. The van der Waals surface area contributed by atoms with Crippen LogP contribution in [0.15, 0.2) is 53.9 Å². The van der Waals surface area contributed by atoms with Crippen LogP contribution in [0.4, 0.5) is 5.69 Å². The van der Waals surface area contributed by atoms with Crippen LogP contribution in [0.2, 0.25) is 0 Å².